The Morgan fingerprint density at radius 2 is 2.12 bits per heavy atom. The van der Waals surface area contributed by atoms with Crippen molar-refractivity contribution < 1.29 is 9.66 Å². The largest absolute Gasteiger partial charge is 0.441 e. The smallest absolute Gasteiger partial charge is 0.269 e. The fourth-order valence-electron chi connectivity index (χ4n) is 3.36. The summed E-state index contributed by atoms with van der Waals surface area (Å²) in [4.78, 5) is 14.8. The fourth-order valence-corrected chi connectivity index (χ4v) is 3.36. The Bertz CT molecular complexity index is 1100. The zero-order chi connectivity index (χ0) is 18.3. The van der Waals surface area contributed by atoms with Crippen LogP contribution in [0.1, 0.15) is 17.0 Å². The van der Waals surface area contributed by atoms with Gasteiger partial charge in [-0.3, -0.25) is 20.5 Å². The monoisotopic (exact) mass is 344 g/mol. The quantitative estimate of drug-likeness (QED) is 0.561. The maximum absolute atomic E-state index is 11.1. The molecule has 0 aliphatic carbocycles. The highest BCUT2D eigenvalue weighted by atomic mass is 16.6. The van der Waals surface area contributed by atoms with Crippen molar-refractivity contribution >= 4 is 22.4 Å². The maximum Gasteiger partial charge on any atom is 0.269 e. The summed E-state index contributed by atoms with van der Waals surface area (Å²) < 4.78 is 5.68. The van der Waals surface area contributed by atoms with E-state index in [-0.39, 0.29) is 11.6 Å². The Morgan fingerprint density at radius 3 is 2.88 bits per heavy atom. The lowest BCUT2D eigenvalue weighted by Gasteiger charge is -2.31. The lowest BCUT2D eigenvalue weighted by Crippen LogP contribution is -2.31. The predicted octanol–water partition coefficient (Wildman–Crippen LogP) is 3.78. The molecule has 2 aromatic carbocycles. The molecule has 0 fully saturated rings. The molecular weight excluding hydrogens is 332 g/mol. The van der Waals surface area contributed by atoms with Crippen LogP contribution in [-0.2, 0) is 0 Å². The molecule has 2 heterocycles. The van der Waals surface area contributed by atoms with Crippen molar-refractivity contribution in [2.45, 2.75) is 5.92 Å². The number of nitrogens with zero attached hydrogens (tertiary/aromatic N) is 3. The third kappa shape index (κ3) is 2.36. The molecule has 0 amide bonds. The van der Waals surface area contributed by atoms with Gasteiger partial charge in [0.25, 0.3) is 5.69 Å². The molecule has 1 aliphatic rings. The molecule has 26 heavy (non-hydrogen) atoms. The van der Waals surface area contributed by atoms with E-state index in [1.54, 1.807) is 30.6 Å². The fraction of sp³-hybridized carbons (Fsp3) is 0.105. The van der Waals surface area contributed by atoms with E-state index in [2.05, 4.69) is 11.1 Å². The van der Waals surface area contributed by atoms with Gasteiger partial charge in [-0.05, 0) is 11.6 Å². The van der Waals surface area contributed by atoms with Crippen LogP contribution in [0.15, 0.2) is 54.9 Å². The molecule has 0 spiro atoms. The number of nitro benzene ring substituents is 1. The minimum absolute atomic E-state index is 0.0521. The highest BCUT2D eigenvalue weighted by Gasteiger charge is 2.38. The van der Waals surface area contributed by atoms with Crippen LogP contribution in [-0.4, -0.2) is 15.8 Å². The zero-order valence-electron chi connectivity index (χ0n) is 13.4. The van der Waals surface area contributed by atoms with Gasteiger partial charge >= 0.3 is 0 Å². The van der Waals surface area contributed by atoms with Gasteiger partial charge in [0.15, 0.2) is 0 Å². The Kier molecular flexibility index (Phi) is 3.59. The summed E-state index contributed by atoms with van der Waals surface area (Å²) >= 11 is 0. The highest BCUT2D eigenvalue weighted by molar-refractivity contribution is 5.95. The molecule has 4 rings (SSSR count). The molecule has 0 saturated carbocycles. The summed E-state index contributed by atoms with van der Waals surface area (Å²) in [6.07, 6.45) is 3.33. The first-order chi connectivity index (χ1) is 12.6. The Hall–Kier alpha value is -3.79. The molecule has 3 aromatic rings. The van der Waals surface area contributed by atoms with Crippen LogP contribution in [0.4, 0.5) is 5.69 Å². The molecule has 0 bridgehead atoms. The number of hydrogen-bond donors (Lipinski definition) is 1. The number of aromatic nitrogens is 1. The van der Waals surface area contributed by atoms with Gasteiger partial charge in [-0.2, -0.15) is 5.26 Å². The lowest BCUT2D eigenvalue weighted by molar-refractivity contribution is -0.384. The summed E-state index contributed by atoms with van der Waals surface area (Å²) in [7, 11) is 0. The van der Waals surface area contributed by atoms with E-state index >= 15 is 0 Å². The number of nitro groups is 1. The van der Waals surface area contributed by atoms with E-state index in [4.69, 9.17) is 10.1 Å². The second kappa shape index (κ2) is 5.93. The third-order valence-corrected chi connectivity index (χ3v) is 4.54. The average molecular weight is 344 g/mol. The van der Waals surface area contributed by atoms with Gasteiger partial charge in [0.2, 0.25) is 5.90 Å². The number of non-ortho nitro benzene ring substituents is 1. The molecule has 0 saturated heterocycles. The molecule has 1 N–H and O–H groups in total. The number of rotatable bonds is 2. The molecule has 0 radical (unpaired) electrons. The van der Waals surface area contributed by atoms with Crippen molar-refractivity contribution in [3.63, 3.8) is 0 Å². The van der Waals surface area contributed by atoms with E-state index in [0.717, 1.165) is 16.3 Å². The highest BCUT2D eigenvalue weighted by Crippen LogP contribution is 2.45. The van der Waals surface area contributed by atoms with Crippen LogP contribution in [0.3, 0.4) is 0 Å². The average Bonchev–Trinajstić information content (AvgIpc) is 2.67. The van der Waals surface area contributed by atoms with Crippen molar-refractivity contribution in [3.05, 3.63) is 76.1 Å². The van der Waals surface area contributed by atoms with E-state index in [1.165, 1.54) is 12.1 Å². The normalized spacial score (nSPS) is 18.7. The summed E-state index contributed by atoms with van der Waals surface area (Å²) in [6, 6.07) is 13.8. The number of pyridine rings is 1. The van der Waals surface area contributed by atoms with E-state index in [9.17, 15) is 15.4 Å². The van der Waals surface area contributed by atoms with Crippen LogP contribution in [0.25, 0.3) is 10.8 Å². The number of fused-ring (bicyclic) bond motifs is 3. The Labute approximate surface area is 148 Å². The first-order valence-electron chi connectivity index (χ1n) is 7.87. The molecule has 7 heteroatoms. The van der Waals surface area contributed by atoms with Gasteiger partial charge in [0.1, 0.15) is 11.7 Å². The van der Waals surface area contributed by atoms with E-state index in [1.807, 2.05) is 12.1 Å². The van der Waals surface area contributed by atoms with Gasteiger partial charge in [-0.1, -0.05) is 24.3 Å². The summed E-state index contributed by atoms with van der Waals surface area (Å²) in [5, 5.41) is 30.5. The Morgan fingerprint density at radius 1 is 1.27 bits per heavy atom. The predicted molar refractivity (Wildman–Crippen MR) is 94.1 cm³/mol. The van der Waals surface area contributed by atoms with E-state index in [0.29, 0.717) is 11.3 Å². The second-order valence-electron chi connectivity index (χ2n) is 5.98. The van der Waals surface area contributed by atoms with Gasteiger partial charge in [0.05, 0.1) is 11.0 Å². The van der Waals surface area contributed by atoms with Gasteiger partial charge in [0, 0.05) is 46.8 Å². The number of nitriles is 1. The third-order valence-electron chi connectivity index (χ3n) is 4.54. The van der Waals surface area contributed by atoms with Crippen LogP contribution < -0.4 is 4.74 Å². The standard InChI is InChI=1S/C19H12N4O3/c20-9-16-17(11-2-1-3-13(8-11)23(24)25)15-5-4-12-10-22-7-6-14(12)18(15)26-19(16)21/h1-8,10,16-17,21H. The minimum atomic E-state index is -0.858. The molecule has 1 aliphatic heterocycles. The van der Waals surface area contributed by atoms with Crippen LogP contribution in [0, 0.1) is 32.8 Å². The van der Waals surface area contributed by atoms with Crippen LogP contribution >= 0.6 is 0 Å². The van der Waals surface area contributed by atoms with Crippen LogP contribution in [0.5, 0.6) is 5.75 Å². The zero-order valence-corrected chi connectivity index (χ0v) is 13.4. The number of hydrogen-bond acceptors (Lipinski definition) is 6. The second-order valence-corrected chi connectivity index (χ2v) is 5.98. The van der Waals surface area contributed by atoms with Crippen molar-refractivity contribution in [2.24, 2.45) is 5.92 Å². The minimum Gasteiger partial charge on any atom is -0.441 e. The topological polar surface area (TPSA) is 113 Å². The summed E-state index contributed by atoms with van der Waals surface area (Å²) in [6.45, 7) is 0. The lowest BCUT2D eigenvalue weighted by atomic mass is 9.78. The maximum atomic E-state index is 11.1. The van der Waals surface area contributed by atoms with Crippen molar-refractivity contribution in [2.75, 3.05) is 0 Å². The van der Waals surface area contributed by atoms with Crippen molar-refractivity contribution in [1.29, 1.82) is 10.7 Å². The number of ether oxygens (including phenoxy) is 1. The first-order valence-corrected chi connectivity index (χ1v) is 7.87. The molecule has 2 atom stereocenters. The number of nitrogens with one attached hydrogen (secondary N) is 1. The summed E-state index contributed by atoms with van der Waals surface area (Å²) in [5.41, 5.74) is 1.28. The van der Waals surface area contributed by atoms with Crippen molar-refractivity contribution in [3.8, 4) is 11.8 Å². The summed E-state index contributed by atoms with van der Waals surface area (Å²) in [5.74, 6) is -1.05. The first kappa shape index (κ1) is 15.7. The Balaban J connectivity index is 1.98. The van der Waals surface area contributed by atoms with Gasteiger partial charge < -0.3 is 4.74 Å². The van der Waals surface area contributed by atoms with E-state index < -0.39 is 16.8 Å². The molecule has 7 nitrogen and oxygen atoms in total. The molecule has 2 unspecified atom stereocenters. The van der Waals surface area contributed by atoms with Crippen molar-refractivity contribution in [1.82, 2.24) is 4.98 Å². The molecule has 1 aromatic heterocycles. The SMILES string of the molecule is N#CC1C(=N)Oc2c(ccc3cnccc23)C1c1cccc([N+](=O)[O-])c1. The molecular formula is C19H12N4O3. The number of benzene rings is 2. The van der Waals surface area contributed by atoms with Gasteiger partial charge in [-0.25, -0.2) is 0 Å². The molecule has 126 valence electrons. The van der Waals surface area contributed by atoms with Gasteiger partial charge in [-0.15, -0.1) is 0 Å². The van der Waals surface area contributed by atoms with Crippen LogP contribution in [0.2, 0.25) is 0 Å².